The SMILES string of the molecule is Cc1ccc(-c2nc(I)no2)cc1Br. The summed E-state index contributed by atoms with van der Waals surface area (Å²) in [5.74, 6) is 0.551. The van der Waals surface area contributed by atoms with Crippen LogP contribution in [-0.4, -0.2) is 10.1 Å². The van der Waals surface area contributed by atoms with Crippen LogP contribution in [-0.2, 0) is 0 Å². The first-order valence-corrected chi connectivity index (χ1v) is 5.80. The molecule has 0 amide bonds. The van der Waals surface area contributed by atoms with E-state index in [1.807, 2.05) is 47.7 Å². The predicted octanol–water partition coefficient (Wildman–Crippen LogP) is 3.41. The molecule has 0 aliphatic heterocycles. The van der Waals surface area contributed by atoms with Gasteiger partial charge in [0.05, 0.1) is 0 Å². The molecular weight excluding hydrogens is 359 g/mol. The minimum absolute atomic E-state index is 0.551. The first-order chi connectivity index (χ1) is 6.66. The van der Waals surface area contributed by atoms with Gasteiger partial charge in [-0.2, -0.15) is 4.98 Å². The van der Waals surface area contributed by atoms with Crippen molar-refractivity contribution in [3.05, 3.63) is 32.1 Å². The van der Waals surface area contributed by atoms with E-state index in [2.05, 4.69) is 26.1 Å². The second kappa shape index (κ2) is 3.98. The molecule has 72 valence electrons. The zero-order chi connectivity index (χ0) is 10.1. The van der Waals surface area contributed by atoms with Gasteiger partial charge in [0.1, 0.15) is 0 Å². The summed E-state index contributed by atoms with van der Waals surface area (Å²) >= 11 is 5.47. The smallest absolute Gasteiger partial charge is 0.258 e. The van der Waals surface area contributed by atoms with Crippen molar-refractivity contribution >= 4 is 38.5 Å². The third-order valence-electron chi connectivity index (χ3n) is 1.82. The zero-order valence-electron chi connectivity index (χ0n) is 7.29. The Hall–Kier alpha value is -0.430. The van der Waals surface area contributed by atoms with Gasteiger partial charge in [0.25, 0.3) is 5.89 Å². The van der Waals surface area contributed by atoms with Crippen molar-refractivity contribution in [3.63, 3.8) is 0 Å². The number of rotatable bonds is 1. The molecule has 0 unspecified atom stereocenters. The Balaban J connectivity index is 2.47. The van der Waals surface area contributed by atoms with Crippen LogP contribution in [0.25, 0.3) is 11.5 Å². The molecule has 1 aromatic heterocycles. The standard InChI is InChI=1S/C9H6BrIN2O/c1-5-2-3-6(4-7(5)10)8-12-9(11)13-14-8/h2-4H,1H3. The topological polar surface area (TPSA) is 38.9 Å². The highest BCUT2D eigenvalue weighted by atomic mass is 127. The lowest BCUT2D eigenvalue weighted by atomic mass is 10.1. The summed E-state index contributed by atoms with van der Waals surface area (Å²) in [6.45, 7) is 2.03. The van der Waals surface area contributed by atoms with E-state index in [0.717, 1.165) is 10.0 Å². The molecule has 0 spiro atoms. The number of halogens is 2. The van der Waals surface area contributed by atoms with E-state index >= 15 is 0 Å². The summed E-state index contributed by atoms with van der Waals surface area (Å²) < 4.78 is 6.72. The summed E-state index contributed by atoms with van der Waals surface area (Å²) in [6, 6.07) is 5.94. The molecule has 0 radical (unpaired) electrons. The molecule has 0 aliphatic carbocycles. The van der Waals surface area contributed by atoms with Crippen LogP contribution in [0.15, 0.2) is 27.2 Å². The molecule has 0 bridgehead atoms. The van der Waals surface area contributed by atoms with E-state index in [1.54, 1.807) is 0 Å². The average molecular weight is 365 g/mol. The fourth-order valence-corrected chi connectivity index (χ4v) is 1.75. The first-order valence-electron chi connectivity index (χ1n) is 3.92. The molecule has 1 aromatic carbocycles. The highest BCUT2D eigenvalue weighted by Crippen LogP contribution is 2.24. The van der Waals surface area contributed by atoms with E-state index in [9.17, 15) is 0 Å². The lowest BCUT2D eigenvalue weighted by Gasteiger charge is -1.98. The van der Waals surface area contributed by atoms with Gasteiger partial charge in [-0.05, 0) is 24.6 Å². The molecule has 3 nitrogen and oxygen atoms in total. The molecular formula is C9H6BrIN2O. The Kier molecular flexibility index (Phi) is 2.87. The maximum Gasteiger partial charge on any atom is 0.258 e. The Morgan fingerprint density at radius 3 is 2.79 bits per heavy atom. The van der Waals surface area contributed by atoms with Crippen molar-refractivity contribution in [2.75, 3.05) is 0 Å². The minimum atomic E-state index is 0.551. The van der Waals surface area contributed by atoms with Crippen LogP contribution in [0.2, 0.25) is 0 Å². The van der Waals surface area contributed by atoms with Gasteiger partial charge in [-0.15, -0.1) is 0 Å². The number of nitrogens with zero attached hydrogens (tertiary/aromatic N) is 2. The normalized spacial score (nSPS) is 10.5. The van der Waals surface area contributed by atoms with E-state index in [4.69, 9.17) is 4.52 Å². The first kappa shape index (κ1) is 10.1. The molecule has 5 heteroatoms. The third-order valence-corrected chi connectivity index (χ3v) is 3.11. The highest BCUT2D eigenvalue weighted by molar-refractivity contribution is 14.1. The quantitative estimate of drug-likeness (QED) is 0.728. The average Bonchev–Trinajstić information content (AvgIpc) is 2.57. The number of benzene rings is 1. The van der Waals surface area contributed by atoms with Crippen molar-refractivity contribution < 1.29 is 4.52 Å². The van der Waals surface area contributed by atoms with Gasteiger partial charge in [-0.25, -0.2) is 0 Å². The van der Waals surface area contributed by atoms with E-state index in [0.29, 0.717) is 9.72 Å². The molecule has 0 saturated heterocycles. The Bertz CT molecular complexity index is 470. The summed E-state index contributed by atoms with van der Waals surface area (Å²) in [6.07, 6.45) is 0. The second-order valence-electron chi connectivity index (χ2n) is 2.83. The van der Waals surface area contributed by atoms with Gasteiger partial charge in [-0.3, -0.25) is 0 Å². The van der Waals surface area contributed by atoms with Gasteiger partial charge >= 0.3 is 0 Å². The van der Waals surface area contributed by atoms with Gasteiger partial charge in [0.2, 0.25) is 3.83 Å². The minimum Gasteiger partial charge on any atom is -0.333 e. The fraction of sp³-hybridized carbons (Fsp3) is 0.111. The number of hydrogen-bond donors (Lipinski definition) is 0. The number of aryl methyl sites for hydroxylation is 1. The van der Waals surface area contributed by atoms with Crippen LogP contribution in [0.5, 0.6) is 0 Å². The molecule has 0 fully saturated rings. The van der Waals surface area contributed by atoms with Crippen molar-refractivity contribution in [2.24, 2.45) is 0 Å². The number of aromatic nitrogens is 2. The van der Waals surface area contributed by atoms with Gasteiger partial charge in [0, 0.05) is 32.6 Å². The maximum absolute atomic E-state index is 5.06. The summed E-state index contributed by atoms with van der Waals surface area (Å²) in [5.41, 5.74) is 2.11. The molecule has 0 aliphatic rings. The van der Waals surface area contributed by atoms with Gasteiger partial charge in [0.15, 0.2) is 0 Å². The Morgan fingerprint density at radius 2 is 2.21 bits per heavy atom. The Morgan fingerprint density at radius 1 is 1.43 bits per heavy atom. The Labute approximate surface area is 103 Å². The van der Waals surface area contributed by atoms with Crippen LogP contribution >= 0.6 is 38.5 Å². The van der Waals surface area contributed by atoms with Gasteiger partial charge in [-0.1, -0.05) is 27.2 Å². The third kappa shape index (κ3) is 1.98. The van der Waals surface area contributed by atoms with Crippen molar-refractivity contribution in [2.45, 2.75) is 6.92 Å². The van der Waals surface area contributed by atoms with Crippen molar-refractivity contribution in [1.82, 2.24) is 10.1 Å². The van der Waals surface area contributed by atoms with Crippen LogP contribution < -0.4 is 0 Å². The van der Waals surface area contributed by atoms with Crippen molar-refractivity contribution in [1.29, 1.82) is 0 Å². The van der Waals surface area contributed by atoms with E-state index < -0.39 is 0 Å². The molecule has 14 heavy (non-hydrogen) atoms. The van der Waals surface area contributed by atoms with Crippen LogP contribution in [0, 0.1) is 10.8 Å². The summed E-state index contributed by atoms with van der Waals surface area (Å²) in [7, 11) is 0. The molecule has 1 heterocycles. The van der Waals surface area contributed by atoms with Crippen LogP contribution in [0.4, 0.5) is 0 Å². The predicted molar refractivity (Wildman–Crippen MR) is 64.9 cm³/mol. The van der Waals surface area contributed by atoms with E-state index in [-0.39, 0.29) is 0 Å². The second-order valence-corrected chi connectivity index (χ2v) is 4.65. The van der Waals surface area contributed by atoms with E-state index in [1.165, 1.54) is 5.56 Å². The van der Waals surface area contributed by atoms with Gasteiger partial charge < -0.3 is 4.52 Å². The van der Waals surface area contributed by atoms with Crippen LogP contribution in [0.1, 0.15) is 5.56 Å². The molecule has 0 N–H and O–H groups in total. The zero-order valence-corrected chi connectivity index (χ0v) is 11.0. The lowest BCUT2D eigenvalue weighted by Crippen LogP contribution is -1.80. The molecule has 2 aromatic rings. The highest BCUT2D eigenvalue weighted by Gasteiger charge is 2.07. The van der Waals surface area contributed by atoms with Crippen LogP contribution in [0.3, 0.4) is 0 Å². The molecule has 0 atom stereocenters. The summed E-state index contributed by atoms with van der Waals surface area (Å²) in [5, 5.41) is 3.73. The monoisotopic (exact) mass is 364 g/mol. The molecule has 0 saturated carbocycles. The fourth-order valence-electron chi connectivity index (χ4n) is 1.05. The maximum atomic E-state index is 5.06. The lowest BCUT2D eigenvalue weighted by molar-refractivity contribution is 0.426. The van der Waals surface area contributed by atoms with Crippen molar-refractivity contribution in [3.8, 4) is 11.5 Å². The molecule has 2 rings (SSSR count). The number of hydrogen-bond acceptors (Lipinski definition) is 3. The summed E-state index contributed by atoms with van der Waals surface area (Å²) in [4.78, 5) is 4.14. The largest absolute Gasteiger partial charge is 0.333 e.